The molecule has 0 aliphatic heterocycles. The molecule has 1 aromatic rings. The molecule has 110 valence electrons. The summed E-state index contributed by atoms with van der Waals surface area (Å²) in [6.07, 6.45) is 0. The van der Waals surface area contributed by atoms with E-state index in [2.05, 4.69) is 5.32 Å². The Bertz CT molecular complexity index is 514. The van der Waals surface area contributed by atoms with Gasteiger partial charge in [0.05, 0.1) is 26.9 Å². The zero-order valence-electron chi connectivity index (χ0n) is 11.7. The smallest absolute Gasteiger partial charge is 0.325 e. The second-order valence-corrected chi connectivity index (χ2v) is 3.94. The van der Waals surface area contributed by atoms with Crippen LogP contribution < -0.4 is 19.5 Å². The zero-order chi connectivity index (χ0) is 15.3. The molecular formula is C13H17NO6. The van der Waals surface area contributed by atoms with Crippen LogP contribution in [0.4, 0.5) is 0 Å². The van der Waals surface area contributed by atoms with E-state index >= 15 is 0 Å². The number of carboxylic acid groups (broad SMARTS) is 1. The van der Waals surface area contributed by atoms with Crippen LogP contribution in [0.1, 0.15) is 17.3 Å². The third-order valence-electron chi connectivity index (χ3n) is 2.67. The molecule has 0 fully saturated rings. The lowest BCUT2D eigenvalue weighted by molar-refractivity contribution is -0.138. The highest BCUT2D eigenvalue weighted by atomic mass is 16.5. The molecule has 0 saturated carbocycles. The third-order valence-corrected chi connectivity index (χ3v) is 2.67. The number of carbonyl (C=O) groups is 2. The summed E-state index contributed by atoms with van der Waals surface area (Å²) < 4.78 is 15.3. The number of nitrogens with one attached hydrogen (secondary N) is 1. The fraction of sp³-hybridized carbons (Fsp3) is 0.385. The average molecular weight is 283 g/mol. The number of amides is 1. The van der Waals surface area contributed by atoms with E-state index in [1.54, 1.807) is 0 Å². The van der Waals surface area contributed by atoms with Crippen molar-refractivity contribution < 1.29 is 28.9 Å². The van der Waals surface area contributed by atoms with E-state index < -0.39 is 17.9 Å². The van der Waals surface area contributed by atoms with Crippen molar-refractivity contribution in [3.05, 3.63) is 17.7 Å². The second kappa shape index (κ2) is 6.65. The molecule has 0 aliphatic carbocycles. The Morgan fingerprint density at radius 1 is 1.05 bits per heavy atom. The number of methoxy groups -OCH3 is 3. The number of ether oxygens (including phenoxy) is 3. The Morgan fingerprint density at radius 3 is 2.00 bits per heavy atom. The van der Waals surface area contributed by atoms with E-state index in [0.717, 1.165) is 0 Å². The predicted octanol–water partition coefficient (Wildman–Crippen LogP) is 0.915. The van der Waals surface area contributed by atoms with Crippen molar-refractivity contribution in [2.45, 2.75) is 13.0 Å². The molecule has 0 bridgehead atoms. The van der Waals surface area contributed by atoms with Gasteiger partial charge in [-0.25, -0.2) is 0 Å². The van der Waals surface area contributed by atoms with Gasteiger partial charge in [0.2, 0.25) is 0 Å². The second-order valence-electron chi connectivity index (χ2n) is 3.94. The van der Waals surface area contributed by atoms with Crippen molar-refractivity contribution >= 4 is 11.9 Å². The largest absolute Gasteiger partial charge is 0.496 e. The fourth-order valence-electron chi connectivity index (χ4n) is 1.54. The SMILES string of the molecule is COc1cc(OC)c(C(=O)NC(C)C(=O)O)cc1OC. The normalized spacial score (nSPS) is 11.4. The Hall–Kier alpha value is -2.44. The first-order valence-corrected chi connectivity index (χ1v) is 5.78. The minimum atomic E-state index is -1.13. The summed E-state index contributed by atoms with van der Waals surface area (Å²) in [4.78, 5) is 22.8. The van der Waals surface area contributed by atoms with Crippen LogP contribution in [0.25, 0.3) is 0 Å². The molecular weight excluding hydrogens is 266 g/mol. The Kier molecular flexibility index (Phi) is 5.19. The molecule has 2 N–H and O–H groups in total. The van der Waals surface area contributed by atoms with E-state index in [4.69, 9.17) is 19.3 Å². The lowest BCUT2D eigenvalue weighted by Crippen LogP contribution is -2.38. The maximum Gasteiger partial charge on any atom is 0.325 e. The summed E-state index contributed by atoms with van der Waals surface area (Å²) in [7, 11) is 4.30. The van der Waals surface area contributed by atoms with Gasteiger partial charge < -0.3 is 24.6 Å². The molecule has 1 atom stereocenters. The molecule has 1 unspecified atom stereocenters. The van der Waals surface area contributed by atoms with Crippen LogP contribution in [0.15, 0.2) is 12.1 Å². The summed E-state index contributed by atoms with van der Waals surface area (Å²) >= 11 is 0. The zero-order valence-corrected chi connectivity index (χ0v) is 11.7. The van der Waals surface area contributed by atoms with Crippen LogP contribution in [0, 0.1) is 0 Å². The first-order chi connectivity index (χ1) is 9.44. The van der Waals surface area contributed by atoms with E-state index in [9.17, 15) is 9.59 Å². The fourth-order valence-corrected chi connectivity index (χ4v) is 1.54. The standard InChI is InChI=1S/C13H17NO6/c1-7(13(16)17)14-12(15)8-5-10(19-3)11(20-4)6-9(8)18-2/h5-7H,1-4H3,(H,14,15)(H,16,17). The highest BCUT2D eigenvalue weighted by Gasteiger charge is 2.21. The number of rotatable bonds is 6. The minimum Gasteiger partial charge on any atom is -0.496 e. The van der Waals surface area contributed by atoms with Crippen LogP contribution in [0.3, 0.4) is 0 Å². The molecule has 20 heavy (non-hydrogen) atoms. The molecule has 0 saturated heterocycles. The van der Waals surface area contributed by atoms with E-state index in [1.807, 2.05) is 0 Å². The van der Waals surface area contributed by atoms with Gasteiger partial charge in [-0.15, -0.1) is 0 Å². The highest BCUT2D eigenvalue weighted by molar-refractivity contribution is 5.99. The summed E-state index contributed by atoms with van der Waals surface area (Å²) in [5.74, 6) is -0.679. The summed E-state index contributed by atoms with van der Waals surface area (Å²) in [6.45, 7) is 1.37. The van der Waals surface area contributed by atoms with Crippen LogP contribution >= 0.6 is 0 Å². The Morgan fingerprint density at radius 2 is 1.55 bits per heavy atom. The van der Waals surface area contributed by atoms with Crippen LogP contribution in [0.2, 0.25) is 0 Å². The van der Waals surface area contributed by atoms with Gasteiger partial charge in [0.1, 0.15) is 11.8 Å². The number of carboxylic acids is 1. The van der Waals surface area contributed by atoms with Gasteiger partial charge in [0, 0.05) is 12.1 Å². The molecule has 0 heterocycles. The monoisotopic (exact) mass is 283 g/mol. The third kappa shape index (κ3) is 3.31. The van der Waals surface area contributed by atoms with Crippen molar-refractivity contribution in [2.24, 2.45) is 0 Å². The summed E-state index contributed by atoms with van der Waals surface area (Å²) in [5.41, 5.74) is 0.165. The summed E-state index contributed by atoms with van der Waals surface area (Å²) in [5, 5.41) is 11.1. The van der Waals surface area contributed by atoms with E-state index in [1.165, 1.54) is 40.4 Å². The molecule has 7 heteroatoms. The topological polar surface area (TPSA) is 94.1 Å². The number of hydrogen-bond donors (Lipinski definition) is 2. The van der Waals surface area contributed by atoms with Crippen molar-refractivity contribution in [2.75, 3.05) is 21.3 Å². The number of aliphatic carboxylic acids is 1. The lowest BCUT2D eigenvalue weighted by Gasteiger charge is -2.15. The molecule has 1 aromatic carbocycles. The molecule has 1 rings (SSSR count). The maximum absolute atomic E-state index is 12.1. The Balaban J connectivity index is 3.15. The van der Waals surface area contributed by atoms with Crippen LogP contribution in [-0.2, 0) is 4.79 Å². The van der Waals surface area contributed by atoms with E-state index in [0.29, 0.717) is 11.5 Å². The van der Waals surface area contributed by atoms with Gasteiger partial charge in [-0.05, 0) is 6.92 Å². The molecule has 0 spiro atoms. The molecule has 1 amide bonds. The Labute approximate surface area is 116 Å². The minimum absolute atomic E-state index is 0.165. The molecule has 7 nitrogen and oxygen atoms in total. The van der Waals surface area contributed by atoms with Gasteiger partial charge in [0.15, 0.2) is 11.5 Å². The molecule has 0 aromatic heterocycles. The van der Waals surface area contributed by atoms with Crippen LogP contribution in [-0.4, -0.2) is 44.4 Å². The van der Waals surface area contributed by atoms with Crippen molar-refractivity contribution in [1.82, 2.24) is 5.32 Å². The summed E-state index contributed by atoms with van der Waals surface area (Å²) in [6, 6.07) is 1.92. The molecule has 0 radical (unpaired) electrons. The average Bonchev–Trinajstić information content (AvgIpc) is 2.45. The number of benzene rings is 1. The first kappa shape index (κ1) is 15.6. The van der Waals surface area contributed by atoms with E-state index in [-0.39, 0.29) is 11.3 Å². The van der Waals surface area contributed by atoms with Crippen LogP contribution in [0.5, 0.6) is 17.2 Å². The van der Waals surface area contributed by atoms with Gasteiger partial charge in [0.25, 0.3) is 5.91 Å². The van der Waals surface area contributed by atoms with Crippen molar-refractivity contribution in [3.8, 4) is 17.2 Å². The van der Waals surface area contributed by atoms with Gasteiger partial charge >= 0.3 is 5.97 Å². The maximum atomic E-state index is 12.1. The number of carbonyl (C=O) groups excluding carboxylic acids is 1. The first-order valence-electron chi connectivity index (χ1n) is 5.78. The van der Waals surface area contributed by atoms with Gasteiger partial charge in [-0.3, -0.25) is 9.59 Å². The predicted molar refractivity (Wildman–Crippen MR) is 70.7 cm³/mol. The van der Waals surface area contributed by atoms with Crippen molar-refractivity contribution in [3.63, 3.8) is 0 Å². The van der Waals surface area contributed by atoms with Crippen molar-refractivity contribution in [1.29, 1.82) is 0 Å². The highest BCUT2D eigenvalue weighted by Crippen LogP contribution is 2.34. The van der Waals surface area contributed by atoms with Gasteiger partial charge in [-0.2, -0.15) is 0 Å². The molecule has 0 aliphatic rings. The number of hydrogen-bond acceptors (Lipinski definition) is 5. The lowest BCUT2D eigenvalue weighted by atomic mass is 10.1. The van der Waals surface area contributed by atoms with Gasteiger partial charge in [-0.1, -0.05) is 0 Å². The quantitative estimate of drug-likeness (QED) is 0.806.